The van der Waals surface area contributed by atoms with Gasteiger partial charge in [-0.25, -0.2) is 0 Å². The van der Waals surface area contributed by atoms with Crippen LogP contribution in [0.5, 0.6) is 0 Å². The molecule has 0 aliphatic heterocycles. The lowest BCUT2D eigenvalue weighted by atomic mass is 9.94. The summed E-state index contributed by atoms with van der Waals surface area (Å²) in [5.74, 6) is 2.02. The van der Waals surface area contributed by atoms with Crippen LogP contribution >= 0.6 is 0 Å². The molecule has 2 aliphatic rings. The van der Waals surface area contributed by atoms with Crippen LogP contribution in [0, 0.1) is 17.3 Å². The van der Waals surface area contributed by atoms with Crippen LogP contribution < -0.4 is 0 Å². The lowest BCUT2D eigenvalue weighted by molar-refractivity contribution is 0.397. The molecule has 2 saturated carbocycles. The topological polar surface area (TPSA) is 0 Å². The van der Waals surface area contributed by atoms with Crippen molar-refractivity contribution in [1.82, 2.24) is 0 Å². The van der Waals surface area contributed by atoms with E-state index in [0.29, 0.717) is 0 Å². The monoisotopic (exact) mass is 152 g/mol. The molecule has 0 heterocycles. The van der Waals surface area contributed by atoms with E-state index in [1.54, 1.807) is 25.7 Å². The van der Waals surface area contributed by atoms with Gasteiger partial charge in [-0.3, -0.25) is 0 Å². The van der Waals surface area contributed by atoms with Gasteiger partial charge >= 0.3 is 0 Å². The summed E-state index contributed by atoms with van der Waals surface area (Å²) in [4.78, 5) is 0. The molecule has 2 fully saturated rings. The van der Waals surface area contributed by atoms with Crippen LogP contribution in [0.3, 0.4) is 0 Å². The molecule has 1 unspecified atom stereocenters. The van der Waals surface area contributed by atoms with E-state index >= 15 is 0 Å². The summed E-state index contributed by atoms with van der Waals surface area (Å²) in [5, 5.41) is 0. The SMILES string of the molecule is CC(C)CC1CCC2(CC2)C1. The second kappa shape index (κ2) is 2.50. The summed E-state index contributed by atoms with van der Waals surface area (Å²) in [6.07, 6.45) is 9.28. The average molecular weight is 152 g/mol. The molecule has 11 heavy (non-hydrogen) atoms. The molecule has 0 aromatic rings. The molecule has 2 aliphatic carbocycles. The molecule has 0 heteroatoms. The van der Waals surface area contributed by atoms with Gasteiger partial charge in [0.1, 0.15) is 0 Å². The van der Waals surface area contributed by atoms with E-state index in [2.05, 4.69) is 13.8 Å². The van der Waals surface area contributed by atoms with Gasteiger partial charge in [0.05, 0.1) is 0 Å². The first-order chi connectivity index (χ1) is 5.20. The number of rotatable bonds is 2. The smallest absolute Gasteiger partial charge is 0.0294 e. The Hall–Kier alpha value is 0. The Balaban J connectivity index is 1.80. The van der Waals surface area contributed by atoms with Crippen LogP contribution in [-0.2, 0) is 0 Å². The van der Waals surface area contributed by atoms with E-state index in [1.807, 2.05) is 0 Å². The minimum Gasteiger partial charge on any atom is -0.0628 e. The fraction of sp³-hybridized carbons (Fsp3) is 1.00. The van der Waals surface area contributed by atoms with Gasteiger partial charge in [-0.1, -0.05) is 13.8 Å². The Morgan fingerprint density at radius 2 is 2.00 bits per heavy atom. The van der Waals surface area contributed by atoms with E-state index < -0.39 is 0 Å². The summed E-state index contributed by atoms with van der Waals surface area (Å²) >= 11 is 0. The molecule has 1 spiro atoms. The molecule has 0 aromatic heterocycles. The number of hydrogen-bond donors (Lipinski definition) is 0. The Morgan fingerprint density at radius 1 is 1.27 bits per heavy atom. The fourth-order valence-corrected chi connectivity index (χ4v) is 2.83. The van der Waals surface area contributed by atoms with Crippen molar-refractivity contribution in [2.75, 3.05) is 0 Å². The summed E-state index contributed by atoms with van der Waals surface area (Å²) in [6, 6.07) is 0. The first-order valence-electron chi connectivity index (χ1n) is 5.20. The molecule has 0 radical (unpaired) electrons. The van der Waals surface area contributed by atoms with Crippen molar-refractivity contribution in [1.29, 1.82) is 0 Å². The second-order valence-electron chi connectivity index (χ2n) is 5.24. The molecule has 0 nitrogen and oxygen atoms in total. The fourth-order valence-electron chi connectivity index (χ4n) is 2.83. The lowest BCUT2D eigenvalue weighted by Gasteiger charge is -2.12. The van der Waals surface area contributed by atoms with Crippen molar-refractivity contribution < 1.29 is 0 Å². The molecular weight excluding hydrogens is 132 g/mol. The van der Waals surface area contributed by atoms with Gasteiger partial charge in [-0.05, 0) is 55.8 Å². The zero-order chi connectivity index (χ0) is 7.90. The zero-order valence-corrected chi connectivity index (χ0v) is 7.90. The van der Waals surface area contributed by atoms with Crippen molar-refractivity contribution in [2.45, 2.75) is 52.4 Å². The predicted molar refractivity (Wildman–Crippen MR) is 48.5 cm³/mol. The highest BCUT2D eigenvalue weighted by atomic mass is 14.5. The minimum absolute atomic E-state index is 0.902. The average Bonchev–Trinajstić information content (AvgIpc) is 2.51. The Labute approximate surface area is 70.4 Å². The van der Waals surface area contributed by atoms with Crippen molar-refractivity contribution >= 4 is 0 Å². The van der Waals surface area contributed by atoms with Gasteiger partial charge in [-0.15, -0.1) is 0 Å². The highest BCUT2D eigenvalue weighted by molar-refractivity contribution is 4.99. The van der Waals surface area contributed by atoms with Crippen LogP contribution in [0.25, 0.3) is 0 Å². The van der Waals surface area contributed by atoms with Gasteiger partial charge in [0, 0.05) is 0 Å². The second-order valence-corrected chi connectivity index (χ2v) is 5.24. The molecule has 0 bridgehead atoms. The van der Waals surface area contributed by atoms with E-state index in [1.165, 1.54) is 12.8 Å². The molecule has 0 saturated heterocycles. The third kappa shape index (κ3) is 1.60. The van der Waals surface area contributed by atoms with Crippen LogP contribution in [0.2, 0.25) is 0 Å². The maximum Gasteiger partial charge on any atom is -0.0294 e. The van der Waals surface area contributed by atoms with E-state index in [9.17, 15) is 0 Å². The molecule has 0 aromatic carbocycles. The van der Waals surface area contributed by atoms with Crippen LogP contribution in [-0.4, -0.2) is 0 Å². The molecule has 0 amide bonds. The van der Waals surface area contributed by atoms with Crippen molar-refractivity contribution in [3.8, 4) is 0 Å². The normalized spacial score (nSPS) is 33.5. The summed E-state index contributed by atoms with van der Waals surface area (Å²) < 4.78 is 0. The van der Waals surface area contributed by atoms with Crippen molar-refractivity contribution in [3.05, 3.63) is 0 Å². The largest absolute Gasteiger partial charge is 0.0628 e. The summed E-state index contributed by atoms with van der Waals surface area (Å²) in [7, 11) is 0. The zero-order valence-electron chi connectivity index (χ0n) is 7.90. The third-order valence-electron chi connectivity index (χ3n) is 3.57. The molecular formula is C11H20. The van der Waals surface area contributed by atoms with E-state index in [-0.39, 0.29) is 0 Å². The quantitative estimate of drug-likeness (QED) is 0.567. The highest BCUT2D eigenvalue weighted by Crippen LogP contribution is 2.60. The predicted octanol–water partition coefficient (Wildman–Crippen LogP) is 3.61. The summed E-state index contributed by atoms with van der Waals surface area (Å²) in [5.41, 5.74) is 0.902. The van der Waals surface area contributed by atoms with Crippen molar-refractivity contribution in [2.24, 2.45) is 17.3 Å². The van der Waals surface area contributed by atoms with Crippen LogP contribution in [0.15, 0.2) is 0 Å². The maximum absolute atomic E-state index is 2.36. The molecule has 64 valence electrons. The Morgan fingerprint density at radius 3 is 2.45 bits per heavy atom. The van der Waals surface area contributed by atoms with Gasteiger partial charge in [0.2, 0.25) is 0 Å². The highest BCUT2D eigenvalue weighted by Gasteiger charge is 2.47. The molecule has 0 N–H and O–H groups in total. The van der Waals surface area contributed by atoms with Gasteiger partial charge < -0.3 is 0 Å². The number of hydrogen-bond acceptors (Lipinski definition) is 0. The Kier molecular flexibility index (Phi) is 1.74. The van der Waals surface area contributed by atoms with E-state index in [4.69, 9.17) is 0 Å². The first kappa shape index (κ1) is 7.64. The van der Waals surface area contributed by atoms with Gasteiger partial charge in [0.25, 0.3) is 0 Å². The first-order valence-corrected chi connectivity index (χ1v) is 5.20. The lowest BCUT2D eigenvalue weighted by Crippen LogP contribution is -2.00. The molecule has 2 rings (SSSR count). The maximum atomic E-state index is 2.36. The van der Waals surface area contributed by atoms with E-state index in [0.717, 1.165) is 17.3 Å². The van der Waals surface area contributed by atoms with Gasteiger partial charge in [0.15, 0.2) is 0 Å². The Bertz CT molecular complexity index is 142. The van der Waals surface area contributed by atoms with Crippen LogP contribution in [0.1, 0.15) is 52.4 Å². The van der Waals surface area contributed by atoms with Crippen LogP contribution in [0.4, 0.5) is 0 Å². The van der Waals surface area contributed by atoms with Crippen molar-refractivity contribution in [3.63, 3.8) is 0 Å². The molecule has 1 atom stereocenters. The standard InChI is InChI=1S/C11H20/c1-9(2)7-10-3-4-11(8-10)5-6-11/h9-10H,3-8H2,1-2H3. The minimum atomic E-state index is 0.902. The van der Waals surface area contributed by atoms with Gasteiger partial charge in [-0.2, -0.15) is 0 Å². The summed E-state index contributed by atoms with van der Waals surface area (Å²) in [6.45, 7) is 4.72. The third-order valence-corrected chi connectivity index (χ3v) is 3.57.